The maximum absolute atomic E-state index is 4.60. The van der Waals surface area contributed by atoms with Crippen molar-refractivity contribution >= 4 is 27.8 Å². The summed E-state index contributed by atoms with van der Waals surface area (Å²) in [5.74, 6) is 0. The minimum absolute atomic E-state index is 0.184. The van der Waals surface area contributed by atoms with Gasteiger partial charge in [0.2, 0.25) is 0 Å². The second kappa shape index (κ2) is 4.25. The maximum atomic E-state index is 4.60. The Kier molecular flexibility index (Phi) is 2.71. The van der Waals surface area contributed by atoms with E-state index in [9.17, 15) is 0 Å². The molecule has 0 radical (unpaired) electrons. The Morgan fingerprint density at radius 2 is 1.94 bits per heavy atom. The molecule has 0 amide bonds. The summed E-state index contributed by atoms with van der Waals surface area (Å²) in [6.07, 6.45) is 1.82. The molecule has 2 heterocycles. The van der Waals surface area contributed by atoms with Gasteiger partial charge in [-0.1, -0.05) is 18.2 Å². The Labute approximate surface area is 111 Å². The van der Waals surface area contributed by atoms with Crippen LogP contribution in [0.5, 0.6) is 0 Å². The second-order valence-electron chi connectivity index (χ2n) is 4.72. The van der Waals surface area contributed by atoms with Gasteiger partial charge in [-0.2, -0.15) is 0 Å². The first-order valence-corrected chi connectivity index (χ1v) is 6.93. The molecule has 1 aromatic carbocycles. The average molecular weight is 256 g/mol. The predicted molar refractivity (Wildman–Crippen MR) is 79.3 cm³/mol. The first kappa shape index (κ1) is 11.5. The zero-order chi connectivity index (χ0) is 12.7. The van der Waals surface area contributed by atoms with Crippen LogP contribution in [0.1, 0.15) is 30.3 Å². The molecule has 1 unspecified atom stereocenters. The molecule has 0 saturated carbocycles. The number of aryl methyl sites for hydroxylation is 1. The van der Waals surface area contributed by atoms with E-state index in [1.54, 1.807) is 0 Å². The first-order chi connectivity index (χ1) is 8.68. The summed E-state index contributed by atoms with van der Waals surface area (Å²) >= 11 is 1.86. The molecule has 0 spiro atoms. The van der Waals surface area contributed by atoms with Crippen molar-refractivity contribution in [1.29, 1.82) is 0 Å². The average Bonchev–Trinajstić information content (AvgIpc) is 2.71. The van der Waals surface area contributed by atoms with Gasteiger partial charge >= 0.3 is 0 Å². The van der Waals surface area contributed by atoms with Crippen LogP contribution in [0, 0.1) is 6.92 Å². The highest BCUT2D eigenvalue weighted by Gasteiger charge is 2.21. The molecule has 1 aliphatic heterocycles. The number of rotatable bonds is 1. The van der Waals surface area contributed by atoms with Crippen LogP contribution in [0.4, 0.5) is 0 Å². The van der Waals surface area contributed by atoms with Gasteiger partial charge in [0.05, 0.1) is 6.34 Å². The summed E-state index contributed by atoms with van der Waals surface area (Å²) in [5, 5.41) is 4.54. The van der Waals surface area contributed by atoms with Crippen LogP contribution in [0.25, 0.3) is 10.1 Å². The SMILES string of the molecule is CC1=C(C)C(c2sc3ccccc3c2C)N=CN1. The first-order valence-electron chi connectivity index (χ1n) is 6.12. The summed E-state index contributed by atoms with van der Waals surface area (Å²) in [6.45, 7) is 6.47. The zero-order valence-corrected chi connectivity index (χ0v) is 11.6. The molecule has 3 rings (SSSR count). The van der Waals surface area contributed by atoms with Crippen molar-refractivity contribution in [1.82, 2.24) is 5.32 Å². The van der Waals surface area contributed by atoms with Gasteiger partial charge in [-0.3, -0.25) is 4.99 Å². The highest BCUT2D eigenvalue weighted by molar-refractivity contribution is 7.19. The highest BCUT2D eigenvalue weighted by atomic mass is 32.1. The van der Waals surface area contributed by atoms with Crippen molar-refractivity contribution in [3.05, 3.63) is 46.0 Å². The van der Waals surface area contributed by atoms with Crippen LogP contribution < -0.4 is 5.32 Å². The van der Waals surface area contributed by atoms with E-state index >= 15 is 0 Å². The van der Waals surface area contributed by atoms with Gasteiger partial charge in [-0.25, -0.2) is 0 Å². The lowest BCUT2D eigenvalue weighted by atomic mass is 10.0. The van der Waals surface area contributed by atoms with Gasteiger partial charge in [0.25, 0.3) is 0 Å². The molecule has 1 N–H and O–H groups in total. The monoisotopic (exact) mass is 256 g/mol. The third-order valence-electron chi connectivity index (χ3n) is 3.64. The molecule has 2 nitrogen and oxygen atoms in total. The normalized spacial score (nSPS) is 19.4. The summed E-state index contributed by atoms with van der Waals surface area (Å²) in [5.41, 5.74) is 3.89. The number of allylic oxidation sites excluding steroid dienone is 1. The van der Waals surface area contributed by atoms with Gasteiger partial charge in [0, 0.05) is 15.3 Å². The number of fused-ring (bicyclic) bond motifs is 1. The van der Waals surface area contributed by atoms with E-state index in [1.165, 1.54) is 31.8 Å². The zero-order valence-electron chi connectivity index (χ0n) is 10.8. The number of thiophene rings is 1. The van der Waals surface area contributed by atoms with Crippen LogP contribution in [0.3, 0.4) is 0 Å². The Balaban J connectivity index is 2.18. The highest BCUT2D eigenvalue weighted by Crippen LogP contribution is 2.40. The second-order valence-corrected chi connectivity index (χ2v) is 5.80. The third-order valence-corrected chi connectivity index (χ3v) is 4.96. The molecule has 1 aromatic heterocycles. The van der Waals surface area contributed by atoms with Crippen molar-refractivity contribution in [2.75, 3.05) is 0 Å². The summed E-state index contributed by atoms with van der Waals surface area (Å²) < 4.78 is 1.35. The largest absolute Gasteiger partial charge is 0.350 e. The molecule has 1 atom stereocenters. The molecule has 0 aliphatic carbocycles. The van der Waals surface area contributed by atoms with Crippen molar-refractivity contribution in [2.45, 2.75) is 26.8 Å². The van der Waals surface area contributed by atoms with Gasteiger partial charge in [-0.15, -0.1) is 11.3 Å². The van der Waals surface area contributed by atoms with Gasteiger partial charge in [0.15, 0.2) is 0 Å². The molecule has 0 fully saturated rings. The van der Waals surface area contributed by atoms with E-state index in [0.29, 0.717) is 0 Å². The number of hydrogen-bond donors (Lipinski definition) is 1. The van der Waals surface area contributed by atoms with E-state index in [1.807, 2.05) is 17.7 Å². The topological polar surface area (TPSA) is 24.4 Å². The van der Waals surface area contributed by atoms with E-state index < -0.39 is 0 Å². The molecule has 3 heteroatoms. The summed E-state index contributed by atoms with van der Waals surface area (Å²) in [4.78, 5) is 5.97. The van der Waals surface area contributed by atoms with E-state index in [4.69, 9.17) is 0 Å². The Hall–Kier alpha value is -1.61. The molecule has 18 heavy (non-hydrogen) atoms. The van der Waals surface area contributed by atoms with Gasteiger partial charge in [-0.05, 0) is 43.4 Å². The Morgan fingerprint density at radius 1 is 1.17 bits per heavy atom. The molecular formula is C15H16N2S. The molecule has 0 saturated heterocycles. The van der Waals surface area contributed by atoms with E-state index in [0.717, 1.165) is 0 Å². The van der Waals surface area contributed by atoms with Crippen molar-refractivity contribution in [2.24, 2.45) is 4.99 Å². The van der Waals surface area contributed by atoms with Crippen molar-refractivity contribution in [3.8, 4) is 0 Å². The third kappa shape index (κ3) is 1.66. The van der Waals surface area contributed by atoms with E-state index in [-0.39, 0.29) is 6.04 Å². The van der Waals surface area contributed by atoms with Crippen molar-refractivity contribution in [3.63, 3.8) is 0 Å². The Morgan fingerprint density at radius 3 is 2.72 bits per heavy atom. The summed E-state index contributed by atoms with van der Waals surface area (Å²) in [7, 11) is 0. The van der Waals surface area contributed by atoms with Crippen LogP contribution in [-0.2, 0) is 0 Å². The quantitative estimate of drug-likeness (QED) is 0.813. The smallest absolute Gasteiger partial charge is 0.109 e. The fourth-order valence-corrected chi connectivity index (χ4v) is 3.68. The number of aliphatic imine (C=N–C) groups is 1. The molecule has 92 valence electrons. The fraction of sp³-hybridized carbons (Fsp3) is 0.267. The Bertz CT molecular complexity index is 664. The number of benzene rings is 1. The van der Waals surface area contributed by atoms with Gasteiger partial charge in [0.1, 0.15) is 6.04 Å². The molecule has 2 aromatic rings. The minimum atomic E-state index is 0.184. The standard InChI is InChI=1S/C15H16N2S/c1-9-11(3)16-8-17-14(9)15-10(2)12-6-4-5-7-13(12)18-15/h4-8,14H,1-3H3,(H,16,17). The lowest BCUT2D eigenvalue weighted by molar-refractivity contribution is 0.803. The lowest BCUT2D eigenvalue weighted by Crippen LogP contribution is -2.18. The number of hydrogen-bond acceptors (Lipinski definition) is 3. The predicted octanol–water partition coefficient (Wildman–Crippen LogP) is 4.18. The molecular weight excluding hydrogens is 240 g/mol. The van der Waals surface area contributed by atoms with Crippen LogP contribution in [-0.4, -0.2) is 6.34 Å². The van der Waals surface area contributed by atoms with Crippen LogP contribution >= 0.6 is 11.3 Å². The lowest BCUT2D eigenvalue weighted by Gasteiger charge is -2.20. The van der Waals surface area contributed by atoms with Crippen LogP contribution in [0.2, 0.25) is 0 Å². The molecule has 0 bridgehead atoms. The molecule has 1 aliphatic rings. The minimum Gasteiger partial charge on any atom is -0.350 e. The van der Waals surface area contributed by atoms with Gasteiger partial charge < -0.3 is 5.32 Å². The number of nitrogens with one attached hydrogen (secondary N) is 1. The van der Waals surface area contributed by atoms with E-state index in [2.05, 4.69) is 55.3 Å². The van der Waals surface area contributed by atoms with Crippen molar-refractivity contribution < 1.29 is 0 Å². The maximum Gasteiger partial charge on any atom is 0.109 e. The summed E-state index contributed by atoms with van der Waals surface area (Å²) in [6, 6.07) is 8.77. The fourth-order valence-electron chi connectivity index (χ4n) is 2.36. The van der Waals surface area contributed by atoms with Crippen LogP contribution in [0.15, 0.2) is 40.5 Å². The number of nitrogens with zero attached hydrogens (tertiary/aromatic N) is 1.